The molecule has 0 aliphatic rings. The van der Waals surface area contributed by atoms with Gasteiger partial charge < -0.3 is 20.3 Å². The first-order valence-electron chi connectivity index (χ1n) is 34.6. The van der Waals surface area contributed by atoms with Crippen molar-refractivity contribution in [3.8, 4) is 0 Å². The van der Waals surface area contributed by atoms with E-state index in [0.717, 1.165) is 44.9 Å². The summed E-state index contributed by atoms with van der Waals surface area (Å²) in [5.74, 6) is -0.0199. The van der Waals surface area contributed by atoms with E-state index in [2.05, 4.69) is 43.5 Å². The minimum absolute atomic E-state index is 0.0106. The summed E-state index contributed by atoms with van der Waals surface area (Å²) < 4.78 is 5.49. The first-order chi connectivity index (χ1) is 37.5. The topological polar surface area (TPSA) is 95.9 Å². The lowest BCUT2D eigenvalue weighted by Crippen LogP contribution is -2.45. The summed E-state index contributed by atoms with van der Waals surface area (Å²) >= 11 is 0. The van der Waals surface area contributed by atoms with Gasteiger partial charge in [0.05, 0.1) is 25.4 Å². The van der Waals surface area contributed by atoms with Gasteiger partial charge in [-0.3, -0.25) is 9.59 Å². The van der Waals surface area contributed by atoms with Crippen molar-refractivity contribution in [3.05, 3.63) is 24.3 Å². The van der Waals surface area contributed by atoms with Gasteiger partial charge in [0.1, 0.15) is 0 Å². The van der Waals surface area contributed by atoms with Crippen molar-refractivity contribution in [2.24, 2.45) is 0 Å². The third kappa shape index (κ3) is 61.6. The number of aliphatic hydroxyl groups excluding tert-OH is 2. The maximum absolute atomic E-state index is 12.5. The van der Waals surface area contributed by atoms with Crippen LogP contribution in [0.25, 0.3) is 0 Å². The van der Waals surface area contributed by atoms with E-state index in [-0.39, 0.29) is 18.5 Å². The zero-order chi connectivity index (χ0) is 55.0. The van der Waals surface area contributed by atoms with Crippen molar-refractivity contribution >= 4 is 11.9 Å². The van der Waals surface area contributed by atoms with E-state index in [1.807, 2.05) is 0 Å². The molecule has 6 heteroatoms. The zero-order valence-corrected chi connectivity index (χ0v) is 51.5. The summed E-state index contributed by atoms with van der Waals surface area (Å²) in [6.07, 6.45) is 82.3. The molecule has 0 spiro atoms. The van der Waals surface area contributed by atoms with Gasteiger partial charge in [0, 0.05) is 12.8 Å². The van der Waals surface area contributed by atoms with Crippen molar-refractivity contribution in [1.82, 2.24) is 5.32 Å². The molecule has 0 aliphatic heterocycles. The lowest BCUT2D eigenvalue weighted by Gasteiger charge is -2.22. The van der Waals surface area contributed by atoms with Crippen LogP contribution in [0.3, 0.4) is 0 Å². The molecule has 76 heavy (non-hydrogen) atoms. The number of rotatable bonds is 65. The van der Waals surface area contributed by atoms with E-state index in [1.165, 1.54) is 308 Å². The van der Waals surface area contributed by atoms with Crippen LogP contribution in [-0.4, -0.2) is 47.4 Å². The molecular weight excluding hydrogens is 935 g/mol. The van der Waals surface area contributed by atoms with E-state index in [0.29, 0.717) is 25.9 Å². The fraction of sp³-hybridized carbons (Fsp3) is 0.914. The second kappa shape index (κ2) is 65.9. The van der Waals surface area contributed by atoms with Gasteiger partial charge in [0.2, 0.25) is 5.91 Å². The van der Waals surface area contributed by atoms with Crippen molar-refractivity contribution in [2.45, 2.75) is 398 Å². The summed E-state index contributed by atoms with van der Waals surface area (Å²) in [4.78, 5) is 24.5. The lowest BCUT2D eigenvalue weighted by molar-refractivity contribution is -0.143. The zero-order valence-electron chi connectivity index (χ0n) is 51.5. The number of esters is 1. The summed E-state index contributed by atoms with van der Waals surface area (Å²) in [6, 6.07) is -0.537. The molecule has 0 heterocycles. The Balaban J connectivity index is 3.33. The monoisotopic (exact) mass is 1070 g/mol. The Morgan fingerprint density at radius 2 is 0.618 bits per heavy atom. The first-order valence-corrected chi connectivity index (χ1v) is 34.6. The number of aliphatic hydroxyl groups is 2. The Labute approximate surface area is 475 Å². The van der Waals surface area contributed by atoms with Crippen molar-refractivity contribution in [1.29, 1.82) is 0 Å². The number of nitrogens with one attached hydrogen (secondary N) is 1. The number of ether oxygens (including phenoxy) is 1. The Kier molecular flexibility index (Phi) is 64.4. The maximum atomic E-state index is 12.5. The molecule has 2 unspecified atom stereocenters. The van der Waals surface area contributed by atoms with E-state index < -0.39 is 12.1 Å². The molecule has 0 aromatic rings. The molecule has 6 nitrogen and oxygen atoms in total. The largest absolute Gasteiger partial charge is 0.466 e. The molecule has 1 amide bonds. The highest BCUT2D eigenvalue weighted by Gasteiger charge is 2.20. The molecule has 0 bridgehead atoms. The molecule has 0 aromatic carbocycles. The van der Waals surface area contributed by atoms with Crippen LogP contribution in [0.15, 0.2) is 24.3 Å². The number of hydrogen-bond acceptors (Lipinski definition) is 5. The normalized spacial score (nSPS) is 12.6. The van der Waals surface area contributed by atoms with Crippen LogP contribution in [0.1, 0.15) is 386 Å². The van der Waals surface area contributed by atoms with Crippen LogP contribution in [0.4, 0.5) is 0 Å². The number of unbranched alkanes of at least 4 members (excludes halogenated alkanes) is 50. The highest BCUT2D eigenvalue weighted by atomic mass is 16.5. The summed E-state index contributed by atoms with van der Waals surface area (Å²) in [7, 11) is 0. The van der Waals surface area contributed by atoms with Gasteiger partial charge >= 0.3 is 5.97 Å². The number of hydrogen-bond donors (Lipinski definition) is 3. The quantitative estimate of drug-likeness (QED) is 0.0320. The predicted molar refractivity (Wildman–Crippen MR) is 333 cm³/mol. The molecular formula is C70H135NO5. The predicted octanol–water partition coefficient (Wildman–Crippen LogP) is 22.1. The molecule has 0 saturated heterocycles. The molecule has 2 atom stereocenters. The molecule has 0 aliphatic carbocycles. The fourth-order valence-electron chi connectivity index (χ4n) is 10.9. The average Bonchev–Trinajstić information content (AvgIpc) is 3.42. The highest BCUT2D eigenvalue weighted by molar-refractivity contribution is 5.76. The summed E-state index contributed by atoms with van der Waals surface area (Å²) in [5, 5.41) is 23.3. The van der Waals surface area contributed by atoms with E-state index in [1.54, 1.807) is 0 Å². The van der Waals surface area contributed by atoms with Gasteiger partial charge in [-0.1, -0.05) is 321 Å². The van der Waals surface area contributed by atoms with Crippen LogP contribution in [-0.2, 0) is 14.3 Å². The van der Waals surface area contributed by atoms with E-state index in [4.69, 9.17) is 4.74 Å². The molecule has 0 saturated carbocycles. The smallest absolute Gasteiger partial charge is 0.305 e. The SMILES string of the molecule is CCCCCCC/C=C\CCCCCCCC(=O)OCCCCCCCCCCCCCC/C=C\CCCCCCCCCCCCCCCCCCCC(=O)NC(CO)C(O)CCCCCCCCCCCCCC. The van der Waals surface area contributed by atoms with Gasteiger partial charge in [-0.15, -0.1) is 0 Å². The summed E-state index contributed by atoms with van der Waals surface area (Å²) in [5.41, 5.74) is 0. The van der Waals surface area contributed by atoms with Gasteiger partial charge in [-0.25, -0.2) is 0 Å². The standard InChI is InChI=1S/C70H135NO5/c1-3-5-7-9-11-13-15-17-40-44-48-52-56-60-64-70(75)76-65-61-57-53-49-45-41-38-36-34-32-30-28-26-24-22-20-18-19-21-23-25-27-29-31-33-35-37-39-43-47-51-55-59-63-69(74)71-67(66-72)68(73)62-58-54-50-46-42-16-14-12-10-8-6-4-2/h15,17,22,24,67-68,72-73H,3-14,16,18-21,23,25-66H2,1-2H3,(H,71,74)/b17-15-,24-22-. The maximum Gasteiger partial charge on any atom is 0.305 e. The molecule has 0 rings (SSSR count). The van der Waals surface area contributed by atoms with E-state index in [9.17, 15) is 19.8 Å². The Bertz CT molecular complexity index is 1190. The Morgan fingerprint density at radius 3 is 0.934 bits per heavy atom. The van der Waals surface area contributed by atoms with Crippen LogP contribution in [0.2, 0.25) is 0 Å². The molecule has 450 valence electrons. The van der Waals surface area contributed by atoms with Gasteiger partial charge in [0.15, 0.2) is 0 Å². The molecule has 0 fully saturated rings. The number of allylic oxidation sites excluding steroid dienone is 4. The number of amides is 1. The second-order valence-corrected chi connectivity index (χ2v) is 23.9. The first kappa shape index (κ1) is 74.3. The van der Waals surface area contributed by atoms with Crippen molar-refractivity contribution in [3.63, 3.8) is 0 Å². The minimum Gasteiger partial charge on any atom is -0.466 e. The lowest BCUT2D eigenvalue weighted by atomic mass is 10.0. The fourth-order valence-corrected chi connectivity index (χ4v) is 10.9. The van der Waals surface area contributed by atoms with E-state index >= 15 is 0 Å². The second-order valence-electron chi connectivity index (χ2n) is 23.9. The minimum atomic E-state index is -0.660. The Hall–Kier alpha value is -1.66. The van der Waals surface area contributed by atoms with Gasteiger partial charge in [-0.05, 0) is 77.0 Å². The van der Waals surface area contributed by atoms with Crippen LogP contribution < -0.4 is 5.32 Å². The molecule has 3 N–H and O–H groups in total. The van der Waals surface area contributed by atoms with Crippen LogP contribution in [0.5, 0.6) is 0 Å². The van der Waals surface area contributed by atoms with Crippen LogP contribution in [0, 0.1) is 0 Å². The third-order valence-corrected chi connectivity index (χ3v) is 16.2. The van der Waals surface area contributed by atoms with Gasteiger partial charge in [0.25, 0.3) is 0 Å². The van der Waals surface area contributed by atoms with Crippen molar-refractivity contribution in [2.75, 3.05) is 13.2 Å². The summed E-state index contributed by atoms with van der Waals surface area (Å²) in [6.45, 7) is 4.96. The average molecular weight is 1070 g/mol. The van der Waals surface area contributed by atoms with Crippen LogP contribution >= 0.6 is 0 Å². The highest BCUT2D eigenvalue weighted by Crippen LogP contribution is 2.18. The number of carbonyl (C=O) groups is 2. The molecule has 0 radical (unpaired) electrons. The third-order valence-electron chi connectivity index (χ3n) is 16.2. The number of carbonyl (C=O) groups excluding carboxylic acids is 2. The molecule has 0 aromatic heterocycles. The van der Waals surface area contributed by atoms with Gasteiger partial charge in [-0.2, -0.15) is 0 Å². The Morgan fingerprint density at radius 1 is 0.355 bits per heavy atom. The van der Waals surface area contributed by atoms with Crippen molar-refractivity contribution < 1.29 is 24.5 Å².